The Morgan fingerprint density at radius 1 is 1.15 bits per heavy atom. The van der Waals surface area contributed by atoms with E-state index in [1.54, 1.807) is 0 Å². The highest BCUT2D eigenvalue weighted by atomic mass is 127. The molecule has 0 bridgehead atoms. The number of halogens is 1. The number of hydrogen-bond donors (Lipinski definition) is 1. The largest absolute Gasteiger partial charge is 0.356 e. The molecular formula is C21H35IN4S. The van der Waals surface area contributed by atoms with Gasteiger partial charge < -0.3 is 10.2 Å². The molecule has 4 nitrogen and oxygen atoms in total. The molecule has 1 aliphatic carbocycles. The van der Waals surface area contributed by atoms with Crippen molar-refractivity contribution in [2.24, 2.45) is 22.7 Å². The molecule has 3 atom stereocenters. The second kappa shape index (κ2) is 10.4. The molecule has 4 rings (SSSR count). The molecule has 27 heavy (non-hydrogen) atoms. The van der Waals surface area contributed by atoms with Crippen LogP contribution in [0.25, 0.3) is 0 Å². The highest BCUT2D eigenvalue weighted by Gasteiger charge is 2.35. The second-order valence-electron chi connectivity index (χ2n) is 8.46. The van der Waals surface area contributed by atoms with Crippen LogP contribution in [0, 0.1) is 17.8 Å². The first-order valence-electron chi connectivity index (χ1n) is 10.5. The summed E-state index contributed by atoms with van der Waals surface area (Å²) in [5, 5.41) is 5.91. The number of likely N-dealkylation sites (tertiary alicyclic amines) is 2. The SMILES string of the molecule is CN=C(NCC1CCCN(Cc2cccs2)C1)N1CC2CCCCC2C1.I. The summed E-state index contributed by atoms with van der Waals surface area (Å²) in [7, 11) is 1.95. The van der Waals surface area contributed by atoms with Crippen LogP contribution >= 0.6 is 35.3 Å². The van der Waals surface area contributed by atoms with Crippen molar-refractivity contribution in [3.05, 3.63) is 22.4 Å². The number of aliphatic imine (C=N–C) groups is 1. The van der Waals surface area contributed by atoms with E-state index in [1.165, 1.54) is 69.6 Å². The maximum Gasteiger partial charge on any atom is 0.193 e. The Bertz CT molecular complexity index is 577. The molecule has 0 aromatic carbocycles. The molecule has 0 spiro atoms. The molecule has 1 aromatic rings. The fraction of sp³-hybridized carbons (Fsp3) is 0.762. The van der Waals surface area contributed by atoms with Gasteiger partial charge in [0.05, 0.1) is 0 Å². The molecule has 1 N–H and O–H groups in total. The summed E-state index contributed by atoms with van der Waals surface area (Å²) in [6.07, 6.45) is 8.39. The Balaban J connectivity index is 0.00000210. The fourth-order valence-electron chi connectivity index (χ4n) is 5.23. The van der Waals surface area contributed by atoms with E-state index in [9.17, 15) is 0 Å². The molecule has 3 aliphatic rings. The van der Waals surface area contributed by atoms with Crippen LogP contribution in [0.4, 0.5) is 0 Å². The number of piperidine rings is 1. The van der Waals surface area contributed by atoms with Gasteiger partial charge in [0.15, 0.2) is 5.96 Å². The van der Waals surface area contributed by atoms with Crippen LogP contribution in [0.15, 0.2) is 22.5 Å². The number of nitrogens with zero attached hydrogens (tertiary/aromatic N) is 3. The Kier molecular flexibility index (Phi) is 8.26. The molecule has 6 heteroatoms. The van der Waals surface area contributed by atoms with Gasteiger partial charge in [-0.1, -0.05) is 18.9 Å². The lowest BCUT2D eigenvalue weighted by atomic mass is 9.82. The maximum absolute atomic E-state index is 4.61. The number of thiophene rings is 1. The predicted molar refractivity (Wildman–Crippen MR) is 126 cm³/mol. The molecular weight excluding hydrogens is 467 g/mol. The van der Waals surface area contributed by atoms with E-state index >= 15 is 0 Å². The zero-order valence-electron chi connectivity index (χ0n) is 16.6. The lowest BCUT2D eigenvalue weighted by molar-refractivity contribution is 0.169. The summed E-state index contributed by atoms with van der Waals surface area (Å²) in [6.45, 7) is 7.10. The van der Waals surface area contributed by atoms with E-state index in [2.05, 4.69) is 37.6 Å². The normalized spacial score (nSPS) is 29.3. The highest BCUT2D eigenvalue weighted by Crippen LogP contribution is 2.36. The van der Waals surface area contributed by atoms with Crippen LogP contribution in [0.3, 0.4) is 0 Å². The summed E-state index contributed by atoms with van der Waals surface area (Å²) >= 11 is 1.88. The Labute approximate surface area is 185 Å². The van der Waals surface area contributed by atoms with Gasteiger partial charge in [-0.25, -0.2) is 0 Å². The summed E-state index contributed by atoms with van der Waals surface area (Å²) < 4.78 is 0. The molecule has 3 fully saturated rings. The lowest BCUT2D eigenvalue weighted by Crippen LogP contribution is -2.45. The van der Waals surface area contributed by atoms with E-state index < -0.39 is 0 Å². The maximum atomic E-state index is 4.61. The lowest BCUT2D eigenvalue weighted by Gasteiger charge is -2.33. The third-order valence-corrected chi connectivity index (χ3v) is 7.46. The van der Waals surface area contributed by atoms with Gasteiger partial charge >= 0.3 is 0 Å². The van der Waals surface area contributed by atoms with Crippen molar-refractivity contribution in [1.82, 2.24) is 15.1 Å². The van der Waals surface area contributed by atoms with Crippen molar-refractivity contribution in [2.75, 3.05) is 39.8 Å². The first-order chi connectivity index (χ1) is 12.8. The van der Waals surface area contributed by atoms with E-state index in [0.717, 1.165) is 36.8 Å². The summed E-state index contributed by atoms with van der Waals surface area (Å²) in [4.78, 5) is 11.3. The van der Waals surface area contributed by atoms with Gasteiger partial charge in [0.25, 0.3) is 0 Å². The molecule has 1 saturated carbocycles. The summed E-state index contributed by atoms with van der Waals surface area (Å²) in [5.41, 5.74) is 0. The third kappa shape index (κ3) is 5.60. The first-order valence-corrected chi connectivity index (χ1v) is 11.4. The quantitative estimate of drug-likeness (QED) is 0.379. The van der Waals surface area contributed by atoms with Gasteiger partial charge in [-0.3, -0.25) is 9.89 Å². The first kappa shape index (κ1) is 21.4. The predicted octanol–water partition coefficient (Wildman–Crippen LogP) is 4.28. The Hall–Kier alpha value is -0.340. The van der Waals surface area contributed by atoms with Crippen molar-refractivity contribution in [3.63, 3.8) is 0 Å². The highest BCUT2D eigenvalue weighted by molar-refractivity contribution is 14.0. The smallest absolute Gasteiger partial charge is 0.193 e. The van der Waals surface area contributed by atoms with Crippen LogP contribution in [0.5, 0.6) is 0 Å². The number of rotatable bonds is 4. The minimum Gasteiger partial charge on any atom is -0.356 e. The van der Waals surface area contributed by atoms with E-state index in [1.807, 2.05) is 18.4 Å². The van der Waals surface area contributed by atoms with Gasteiger partial charge in [-0.2, -0.15) is 0 Å². The van der Waals surface area contributed by atoms with E-state index in [-0.39, 0.29) is 24.0 Å². The minimum atomic E-state index is 0. The topological polar surface area (TPSA) is 30.9 Å². The third-order valence-electron chi connectivity index (χ3n) is 6.60. The Morgan fingerprint density at radius 3 is 2.59 bits per heavy atom. The number of hydrogen-bond acceptors (Lipinski definition) is 3. The zero-order valence-corrected chi connectivity index (χ0v) is 19.8. The second-order valence-corrected chi connectivity index (χ2v) is 9.49. The molecule has 2 saturated heterocycles. The molecule has 0 radical (unpaired) electrons. The number of fused-ring (bicyclic) bond motifs is 1. The molecule has 1 aromatic heterocycles. The molecule has 2 aliphatic heterocycles. The van der Waals surface area contributed by atoms with Crippen molar-refractivity contribution in [1.29, 1.82) is 0 Å². The van der Waals surface area contributed by atoms with Crippen molar-refractivity contribution in [2.45, 2.75) is 45.1 Å². The standard InChI is InChI=1S/C21H34N4S.HI/c1-22-21(25-14-18-7-2-3-8-19(18)15-25)23-12-17-6-4-10-24(13-17)16-20-9-5-11-26-20;/h5,9,11,17-19H,2-4,6-8,10,12-16H2,1H3,(H,22,23);1H. The van der Waals surface area contributed by atoms with Gasteiger partial charge in [0, 0.05) is 44.6 Å². The van der Waals surface area contributed by atoms with Gasteiger partial charge in [0.2, 0.25) is 0 Å². The van der Waals surface area contributed by atoms with Gasteiger partial charge in [-0.05, 0) is 61.4 Å². The van der Waals surface area contributed by atoms with Crippen LogP contribution in [-0.4, -0.2) is 55.5 Å². The summed E-state index contributed by atoms with van der Waals surface area (Å²) in [6, 6.07) is 4.43. The van der Waals surface area contributed by atoms with Crippen molar-refractivity contribution < 1.29 is 0 Å². The van der Waals surface area contributed by atoms with Crippen molar-refractivity contribution in [3.8, 4) is 0 Å². The van der Waals surface area contributed by atoms with Crippen LogP contribution in [0.2, 0.25) is 0 Å². The molecule has 3 unspecified atom stereocenters. The minimum absolute atomic E-state index is 0. The zero-order chi connectivity index (χ0) is 17.8. The Morgan fingerprint density at radius 2 is 1.93 bits per heavy atom. The number of guanidine groups is 1. The van der Waals surface area contributed by atoms with E-state index in [4.69, 9.17) is 0 Å². The average Bonchev–Trinajstić information content (AvgIpc) is 3.32. The van der Waals surface area contributed by atoms with E-state index in [0.29, 0.717) is 0 Å². The monoisotopic (exact) mass is 502 g/mol. The van der Waals surface area contributed by atoms with Crippen molar-refractivity contribution >= 4 is 41.3 Å². The molecule has 3 heterocycles. The van der Waals surface area contributed by atoms with Gasteiger partial charge in [0.1, 0.15) is 0 Å². The molecule has 152 valence electrons. The van der Waals surface area contributed by atoms with Crippen LogP contribution < -0.4 is 5.32 Å². The average molecular weight is 503 g/mol. The van der Waals surface area contributed by atoms with Gasteiger partial charge in [-0.15, -0.1) is 35.3 Å². The van der Waals surface area contributed by atoms with Crippen LogP contribution in [-0.2, 0) is 6.54 Å². The van der Waals surface area contributed by atoms with Crippen LogP contribution in [0.1, 0.15) is 43.4 Å². The molecule has 0 amide bonds. The fourth-order valence-corrected chi connectivity index (χ4v) is 5.98. The number of nitrogens with one attached hydrogen (secondary N) is 1. The summed E-state index contributed by atoms with van der Waals surface area (Å²) in [5.74, 6) is 3.72.